The van der Waals surface area contributed by atoms with E-state index in [0.29, 0.717) is 11.3 Å². The minimum absolute atomic E-state index is 0.106. The molecule has 0 saturated carbocycles. The summed E-state index contributed by atoms with van der Waals surface area (Å²) in [6.07, 6.45) is 1.39. The number of rotatable bonds is 9. The van der Waals surface area contributed by atoms with Crippen LogP contribution in [0, 0.1) is 10.5 Å². The first-order valence-electron chi connectivity index (χ1n) is 11.9. The van der Waals surface area contributed by atoms with E-state index in [0.717, 1.165) is 20.3 Å². The number of carbonyl (C=O) groups is 2. The fourth-order valence-corrected chi connectivity index (χ4v) is 4.56. The van der Waals surface area contributed by atoms with E-state index in [2.05, 4.69) is 27.9 Å². The highest BCUT2D eigenvalue weighted by Crippen LogP contribution is 2.30. The van der Waals surface area contributed by atoms with Crippen molar-refractivity contribution in [3.05, 3.63) is 86.5 Å². The van der Waals surface area contributed by atoms with Crippen LogP contribution in [-0.2, 0) is 16.1 Å². The number of hydrogen-bond donors (Lipinski definition) is 3. The molecule has 0 aromatic heterocycles. The minimum Gasteiger partial charge on any atom is -0.482 e. The molecule has 0 radical (unpaired) electrons. The molecule has 2 aromatic carbocycles. The highest BCUT2D eigenvalue weighted by atomic mass is 127. The average molecular weight is 604 g/mol. The third-order valence-electron chi connectivity index (χ3n) is 5.88. The van der Waals surface area contributed by atoms with E-state index >= 15 is 0 Å². The number of nitrogens with one attached hydrogen (secondary N) is 1. The van der Waals surface area contributed by atoms with Crippen LogP contribution in [0.4, 0.5) is 0 Å². The van der Waals surface area contributed by atoms with Crippen LogP contribution in [0.3, 0.4) is 0 Å². The van der Waals surface area contributed by atoms with E-state index in [9.17, 15) is 14.7 Å². The molecule has 3 unspecified atom stereocenters. The molecular formula is C28H33IN2O5. The highest BCUT2D eigenvalue weighted by Gasteiger charge is 2.40. The summed E-state index contributed by atoms with van der Waals surface area (Å²) in [5, 5.41) is 23.3. The average Bonchev–Trinajstić information content (AvgIpc) is 2.84. The maximum atomic E-state index is 13.4. The topological polar surface area (TPSA) is 99.1 Å². The van der Waals surface area contributed by atoms with E-state index in [1.807, 2.05) is 63.2 Å². The van der Waals surface area contributed by atoms with Crippen molar-refractivity contribution in [3.63, 3.8) is 0 Å². The molecule has 2 aromatic rings. The molecule has 8 heteroatoms. The number of aliphatic hydroxyl groups excluding tert-OH is 2. The zero-order chi connectivity index (χ0) is 26.2. The first-order chi connectivity index (χ1) is 17.2. The summed E-state index contributed by atoms with van der Waals surface area (Å²) < 4.78 is 7.04. The van der Waals surface area contributed by atoms with Crippen LogP contribution in [-0.4, -0.2) is 58.3 Å². The van der Waals surface area contributed by atoms with Gasteiger partial charge in [-0.2, -0.15) is 0 Å². The van der Waals surface area contributed by atoms with Gasteiger partial charge in [0.2, 0.25) is 11.8 Å². The van der Waals surface area contributed by atoms with Gasteiger partial charge in [0, 0.05) is 31.2 Å². The lowest BCUT2D eigenvalue weighted by atomic mass is 9.87. The highest BCUT2D eigenvalue weighted by molar-refractivity contribution is 14.1. The number of ether oxygens (including phenoxy) is 1. The van der Waals surface area contributed by atoms with Gasteiger partial charge in [0.1, 0.15) is 18.0 Å². The van der Waals surface area contributed by atoms with E-state index < -0.39 is 18.2 Å². The van der Waals surface area contributed by atoms with Crippen molar-refractivity contribution in [1.82, 2.24) is 10.2 Å². The van der Waals surface area contributed by atoms with Gasteiger partial charge in [-0.1, -0.05) is 47.5 Å². The zero-order valence-electron chi connectivity index (χ0n) is 20.8. The Morgan fingerprint density at radius 3 is 2.50 bits per heavy atom. The van der Waals surface area contributed by atoms with E-state index in [1.54, 1.807) is 23.1 Å². The molecule has 2 amide bonds. The number of nitrogens with zero attached hydrogens (tertiary/aromatic N) is 1. The molecule has 0 saturated heterocycles. The van der Waals surface area contributed by atoms with E-state index in [4.69, 9.17) is 9.84 Å². The standard InChI is InChI=1S/C28H33IN2O5/c1-18(2)14-26(33)31(17-20-10-8-19(3)9-11-20)23-15-21(28(35)30-12-13-32)16-25(27(23)34)36-24-7-5-4-6-22(24)29/h4-11,14,16,23,25,27,32,34H,12-13,15,17H2,1-3H3,(H,30,35). The van der Waals surface area contributed by atoms with Gasteiger partial charge in [-0.15, -0.1) is 0 Å². The van der Waals surface area contributed by atoms with Crippen LogP contribution in [0.2, 0.25) is 0 Å². The number of halogens is 1. The van der Waals surface area contributed by atoms with Crippen LogP contribution in [0.1, 0.15) is 31.4 Å². The van der Waals surface area contributed by atoms with Crippen LogP contribution in [0.5, 0.6) is 5.75 Å². The van der Waals surface area contributed by atoms with Gasteiger partial charge < -0.3 is 25.2 Å². The number of allylic oxidation sites excluding steroid dienone is 1. The smallest absolute Gasteiger partial charge is 0.247 e. The zero-order valence-corrected chi connectivity index (χ0v) is 22.9. The van der Waals surface area contributed by atoms with Crippen molar-refractivity contribution in [1.29, 1.82) is 0 Å². The van der Waals surface area contributed by atoms with Crippen LogP contribution in [0.15, 0.2) is 71.8 Å². The van der Waals surface area contributed by atoms with Crippen LogP contribution < -0.4 is 10.1 Å². The van der Waals surface area contributed by atoms with Crippen molar-refractivity contribution >= 4 is 34.4 Å². The minimum atomic E-state index is -1.07. The maximum absolute atomic E-state index is 13.4. The monoisotopic (exact) mass is 604 g/mol. The molecule has 7 nitrogen and oxygen atoms in total. The molecular weight excluding hydrogens is 571 g/mol. The molecule has 0 aliphatic heterocycles. The fourth-order valence-electron chi connectivity index (χ4n) is 4.05. The molecule has 36 heavy (non-hydrogen) atoms. The summed E-state index contributed by atoms with van der Waals surface area (Å²) in [4.78, 5) is 27.9. The van der Waals surface area contributed by atoms with Crippen molar-refractivity contribution < 1.29 is 24.5 Å². The first-order valence-corrected chi connectivity index (χ1v) is 13.0. The van der Waals surface area contributed by atoms with Crippen molar-refractivity contribution in [3.8, 4) is 5.75 Å². The molecule has 192 valence electrons. The second kappa shape index (κ2) is 13.0. The lowest BCUT2D eigenvalue weighted by Crippen LogP contribution is -2.54. The Labute approximate surface area is 226 Å². The second-order valence-corrected chi connectivity index (χ2v) is 10.3. The third kappa shape index (κ3) is 7.41. The lowest BCUT2D eigenvalue weighted by molar-refractivity contribution is -0.134. The Morgan fingerprint density at radius 2 is 1.86 bits per heavy atom. The third-order valence-corrected chi connectivity index (χ3v) is 6.77. The van der Waals surface area contributed by atoms with Crippen molar-refractivity contribution in [2.24, 2.45) is 0 Å². The van der Waals surface area contributed by atoms with Gasteiger partial charge in [0.25, 0.3) is 0 Å². The number of aryl methyl sites for hydroxylation is 1. The van der Waals surface area contributed by atoms with Gasteiger partial charge in [-0.05, 0) is 67.1 Å². The first kappa shape index (κ1) is 27.9. The lowest BCUT2D eigenvalue weighted by Gasteiger charge is -2.40. The molecule has 0 spiro atoms. The quantitative estimate of drug-likeness (QED) is 0.301. The predicted molar refractivity (Wildman–Crippen MR) is 147 cm³/mol. The van der Waals surface area contributed by atoms with Crippen molar-refractivity contribution in [2.45, 2.75) is 52.0 Å². The normalized spacial score (nSPS) is 19.2. The molecule has 1 aliphatic rings. The Morgan fingerprint density at radius 1 is 1.17 bits per heavy atom. The molecule has 0 fully saturated rings. The Balaban J connectivity index is 2.00. The number of carbonyl (C=O) groups excluding carboxylic acids is 2. The number of hydrogen-bond acceptors (Lipinski definition) is 5. The van der Waals surface area contributed by atoms with E-state index in [1.165, 1.54) is 0 Å². The van der Waals surface area contributed by atoms with Crippen molar-refractivity contribution in [2.75, 3.05) is 13.2 Å². The summed E-state index contributed by atoms with van der Waals surface area (Å²) in [7, 11) is 0. The molecule has 3 atom stereocenters. The number of aliphatic hydroxyl groups is 2. The Kier molecular flexibility index (Phi) is 10.1. The Hall–Kier alpha value is -2.69. The number of amides is 2. The largest absolute Gasteiger partial charge is 0.482 e. The second-order valence-electron chi connectivity index (χ2n) is 9.12. The van der Waals surface area contributed by atoms with E-state index in [-0.39, 0.29) is 37.9 Å². The Bertz CT molecular complexity index is 1130. The molecule has 0 bridgehead atoms. The summed E-state index contributed by atoms with van der Waals surface area (Å²) >= 11 is 2.15. The number of benzene rings is 2. The summed E-state index contributed by atoms with van der Waals surface area (Å²) in [6, 6.07) is 14.6. The SMILES string of the molecule is CC(C)=CC(=O)N(Cc1ccc(C)cc1)C1CC(C(=O)NCCO)=CC(Oc2ccccc2I)C1O. The van der Waals surface area contributed by atoms with Gasteiger partial charge in [0.15, 0.2) is 0 Å². The summed E-state index contributed by atoms with van der Waals surface area (Å²) in [6.45, 7) is 5.87. The fraction of sp³-hybridized carbons (Fsp3) is 0.357. The molecule has 1 aliphatic carbocycles. The van der Waals surface area contributed by atoms with Gasteiger partial charge in [-0.25, -0.2) is 0 Å². The maximum Gasteiger partial charge on any atom is 0.247 e. The van der Waals surface area contributed by atoms with Gasteiger partial charge in [-0.3, -0.25) is 9.59 Å². The predicted octanol–water partition coefficient (Wildman–Crippen LogP) is 3.51. The molecule has 0 heterocycles. The molecule has 3 N–H and O–H groups in total. The summed E-state index contributed by atoms with van der Waals surface area (Å²) in [5.41, 5.74) is 3.26. The summed E-state index contributed by atoms with van der Waals surface area (Å²) in [5.74, 6) is -0.0261. The van der Waals surface area contributed by atoms with Crippen LogP contribution >= 0.6 is 22.6 Å². The number of para-hydroxylation sites is 1. The molecule has 3 rings (SSSR count). The van der Waals surface area contributed by atoms with Crippen LogP contribution in [0.25, 0.3) is 0 Å². The van der Waals surface area contributed by atoms with Gasteiger partial charge >= 0.3 is 0 Å². The van der Waals surface area contributed by atoms with Gasteiger partial charge in [0.05, 0.1) is 16.2 Å².